The topological polar surface area (TPSA) is 61.4 Å². The molecule has 0 aromatic carbocycles. The minimum absolute atomic E-state index is 0. The van der Waals surface area contributed by atoms with Crippen molar-refractivity contribution in [2.45, 2.75) is 38.5 Å². The molecule has 0 aliphatic carbocycles. The zero-order valence-corrected chi connectivity index (χ0v) is 8.73. The molecule has 1 saturated heterocycles. The molecule has 0 bridgehead atoms. The molecule has 0 unspecified atom stereocenters. The summed E-state index contributed by atoms with van der Waals surface area (Å²) in [7, 11) is 0. The van der Waals surface area contributed by atoms with Crippen LogP contribution in [0, 0.1) is 0 Å². The molecule has 1 amide bonds. The van der Waals surface area contributed by atoms with Crippen molar-refractivity contribution in [1.29, 1.82) is 0 Å². The molecule has 1 fully saturated rings. The number of carbonyl (C=O) groups excluding carboxylic acids is 1. The molecule has 0 aromatic rings. The van der Waals surface area contributed by atoms with Gasteiger partial charge >= 0.3 is 0 Å². The number of hydrogen-bond acceptors (Lipinski definition) is 3. The fourth-order valence-electron chi connectivity index (χ4n) is 1.30. The van der Waals surface area contributed by atoms with Gasteiger partial charge in [0.2, 0.25) is 5.91 Å². The summed E-state index contributed by atoms with van der Waals surface area (Å²) in [5.74, 6) is -0.0125. The number of amides is 1. The first-order chi connectivity index (χ1) is 5.59. The standard InChI is InChI=1S/C8H16N2O2.ClH/c1-5(2)10-8(12)7-3-6(11)4-9-7;/h5-7,9,11H,3-4H2,1-2H3,(H,10,12);1H/t6-,7+;/m0./s1. The monoisotopic (exact) mass is 208 g/mol. The van der Waals surface area contributed by atoms with Gasteiger partial charge in [0.05, 0.1) is 12.1 Å². The van der Waals surface area contributed by atoms with Crippen LogP contribution in [0.4, 0.5) is 0 Å². The molecule has 3 N–H and O–H groups in total. The van der Waals surface area contributed by atoms with Gasteiger partial charge in [-0.1, -0.05) is 0 Å². The Morgan fingerprint density at radius 1 is 1.62 bits per heavy atom. The first-order valence-electron chi connectivity index (χ1n) is 4.31. The van der Waals surface area contributed by atoms with E-state index in [0.717, 1.165) is 0 Å². The number of β-amino-alcohol motifs (C(OH)–C–C–N with tert-alkyl or cyclic N) is 1. The maximum atomic E-state index is 11.3. The molecule has 2 atom stereocenters. The number of nitrogens with one attached hydrogen (secondary N) is 2. The smallest absolute Gasteiger partial charge is 0.237 e. The average molecular weight is 209 g/mol. The van der Waals surface area contributed by atoms with Crippen LogP contribution in [0.1, 0.15) is 20.3 Å². The third-order valence-electron chi connectivity index (χ3n) is 1.86. The van der Waals surface area contributed by atoms with Crippen LogP contribution < -0.4 is 10.6 Å². The van der Waals surface area contributed by atoms with Crippen LogP contribution in [-0.2, 0) is 4.79 Å². The molecule has 0 saturated carbocycles. The minimum Gasteiger partial charge on any atom is -0.392 e. The Morgan fingerprint density at radius 3 is 2.62 bits per heavy atom. The summed E-state index contributed by atoms with van der Waals surface area (Å²) in [6.45, 7) is 4.36. The van der Waals surface area contributed by atoms with Gasteiger partial charge in [-0.25, -0.2) is 0 Å². The summed E-state index contributed by atoms with van der Waals surface area (Å²) in [6.07, 6.45) is 0.159. The lowest BCUT2D eigenvalue weighted by atomic mass is 10.2. The van der Waals surface area contributed by atoms with Crippen molar-refractivity contribution in [2.24, 2.45) is 0 Å². The van der Waals surface area contributed by atoms with E-state index in [-0.39, 0.29) is 36.5 Å². The largest absolute Gasteiger partial charge is 0.392 e. The van der Waals surface area contributed by atoms with Crippen molar-refractivity contribution >= 4 is 18.3 Å². The second-order valence-corrected chi connectivity index (χ2v) is 3.51. The number of rotatable bonds is 2. The maximum Gasteiger partial charge on any atom is 0.237 e. The van der Waals surface area contributed by atoms with E-state index in [0.29, 0.717) is 13.0 Å². The SMILES string of the molecule is CC(C)NC(=O)[C@H]1C[C@H](O)CN1.Cl. The minimum atomic E-state index is -0.368. The summed E-state index contributed by atoms with van der Waals surface area (Å²) in [5, 5.41) is 14.9. The summed E-state index contributed by atoms with van der Waals surface area (Å²) in [5.41, 5.74) is 0. The Labute approximate surface area is 84.5 Å². The van der Waals surface area contributed by atoms with E-state index in [9.17, 15) is 4.79 Å². The van der Waals surface area contributed by atoms with Gasteiger partial charge in [0.1, 0.15) is 0 Å². The van der Waals surface area contributed by atoms with E-state index >= 15 is 0 Å². The van der Waals surface area contributed by atoms with Gasteiger partial charge in [-0.05, 0) is 20.3 Å². The van der Waals surface area contributed by atoms with E-state index in [2.05, 4.69) is 10.6 Å². The quantitative estimate of drug-likeness (QED) is 0.582. The molecule has 0 radical (unpaired) electrons. The van der Waals surface area contributed by atoms with E-state index in [1.807, 2.05) is 13.8 Å². The zero-order valence-electron chi connectivity index (χ0n) is 7.91. The van der Waals surface area contributed by atoms with Crippen LogP contribution in [0.5, 0.6) is 0 Å². The zero-order chi connectivity index (χ0) is 9.14. The van der Waals surface area contributed by atoms with Crippen LogP contribution in [0.25, 0.3) is 0 Å². The lowest BCUT2D eigenvalue weighted by Crippen LogP contribution is -2.43. The van der Waals surface area contributed by atoms with Gasteiger partial charge in [0.25, 0.3) is 0 Å². The summed E-state index contributed by atoms with van der Waals surface area (Å²) < 4.78 is 0. The van der Waals surface area contributed by atoms with Gasteiger partial charge in [0.15, 0.2) is 0 Å². The van der Waals surface area contributed by atoms with Crippen molar-refractivity contribution in [3.8, 4) is 0 Å². The number of halogens is 1. The lowest BCUT2D eigenvalue weighted by Gasteiger charge is -2.13. The number of aliphatic hydroxyl groups excluding tert-OH is 1. The van der Waals surface area contributed by atoms with E-state index in [1.54, 1.807) is 0 Å². The van der Waals surface area contributed by atoms with E-state index in [4.69, 9.17) is 5.11 Å². The van der Waals surface area contributed by atoms with Gasteiger partial charge < -0.3 is 15.7 Å². The van der Waals surface area contributed by atoms with E-state index < -0.39 is 0 Å². The second-order valence-electron chi connectivity index (χ2n) is 3.51. The second kappa shape index (κ2) is 5.42. The third-order valence-corrected chi connectivity index (χ3v) is 1.86. The molecule has 78 valence electrons. The normalized spacial score (nSPS) is 27.1. The maximum absolute atomic E-state index is 11.3. The molecule has 0 spiro atoms. The molecular formula is C8H17ClN2O2. The molecular weight excluding hydrogens is 192 g/mol. The Hall–Kier alpha value is -0.320. The molecule has 4 nitrogen and oxygen atoms in total. The Bertz CT molecular complexity index is 176. The Balaban J connectivity index is 0.00000144. The predicted molar refractivity (Wildman–Crippen MR) is 52.9 cm³/mol. The fraction of sp³-hybridized carbons (Fsp3) is 0.875. The molecule has 13 heavy (non-hydrogen) atoms. The van der Waals surface area contributed by atoms with Gasteiger partial charge in [-0.2, -0.15) is 0 Å². The highest BCUT2D eigenvalue weighted by Crippen LogP contribution is 2.05. The summed E-state index contributed by atoms with van der Waals surface area (Å²) in [4.78, 5) is 11.3. The molecule has 0 aromatic heterocycles. The van der Waals surface area contributed by atoms with Crippen LogP contribution in [-0.4, -0.2) is 35.7 Å². The van der Waals surface area contributed by atoms with Crippen molar-refractivity contribution < 1.29 is 9.90 Å². The van der Waals surface area contributed by atoms with Crippen molar-refractivity contribution in [2.75, 3.05) is 6.54 Å². The molecule has 5 heteroatoms. The molecule has 1 aliphatic rings. The van der Waals surface area contributed by atoms with Crippen molar-refractivity contribution in [3.05, 3.63) is 0 Å². The fourth-order valence-corrected chi connectivity index (χ4v) is 1.30. The summed E-state index contributed by atoms with van der Waals surface area (Å²) in [6, 6.07) is -0.0422. The van der Waals surface area contributed by atoms with Gasteiger partial charge in [0, 0.05) is 12.6 Å². The van der Waals surface area contributed by atoms with Crippen LogP contribution in [0.3, 0.4) is 0 Å². The predicted octanol–water partition coefficient (Wildman–Crippen LogP) is -0.344. The molecule has 1 aliphatic heterocycles. The van der Waals surface area contributed by atoms with Gasteiger partial charge in [-0.3, -0.25) is 4.79 Å². The highest BCUT2D eigenvalue weighted by molar-refractivity contribution is 5.85. The van der Waals surface area contributed by atoms with Crippen molar-refractivity contribution in [3.63, 3.8) is 0 Å². The average Bonchev–Trinajstić information content (AvgIpc) is 2.34. The molecule has 1 rings (SSSR count). The number of hydrogen-bond donors (Lipinski definition) is 3. The van der Waals surface area contributed by atoms with Crippen LogP contribution in [0.15, 0.2) is 0 Å². The first kappa shape index (κ1) is 12.7. The third kappa shape index (κ3) is 3.93. The van der Waals surface area contributed by atoms with Gasteiger partial charge in [-0.15, -0.1) is 12.4 Å². The highest BCUT2D eigenvalue weighted by atomic mass is 35.5. The Morgan fingerprint density at radius 2 is 2.23 bits per heavy atom. The summed E-state index contributed by atoms with van der Waals surface area (Å²) >= 11 is 0. The van der Waals surface area contributed by atoms with E-state index in [1.165, 1.54) is 0 Å². The van der Waals surface area contributed by atoms with Crippen LogP contribution >= 0.6 is 12.4 Å². The highest BCUT2D eigenvalue weighted by Gasteiger charge is 2.27. The lowest BCUT2D eigenvalue weighted by molar-refractivity contribution is -0.123. The van der Waals surface area contributed by atoms with Crippen LogP contribution in [0.2, 0.25) is 0 Å². The number of aliphatic hydroxyl groups is 1. The first-order valence-corrected chi connectivity index (χ1v) is 4.31. The Kier molecular flexibility index (Phi) is 5.29. The molecule has 1 heterocycles. The number of carbonyl (C=O) groups is 1. The van der Waals surface area contributed by atoms with Crippen molar-refractivity contribution in [1.82, 2.24) is 10.6 Å².